The van der Waals surface area contributed by atoms with E-state index in [4.69, 9.17) is 10.8 Å². The van der Waals surface area contributed by atoms with Crippen LogP contribution in [0.2, 0.25) is 0 Å². The van der Waals surface area contributed by atoms with Gasteiger partial charge in [-0.3, -0.25) is 0 Å². The first-order chi connectivity index (χ1) is 7.98. The first-order valence-electron chi connectivity index (χ1n) is 6.81. The van der Waals surface area contributed by atoms with Gasteiger partial charge in [-0.2, -0.15) is 0 Å². The van der Waals surface area contributed by atoms with Crippen LogP contribution in [0.4, 0.5) is 0 Å². The molecule has 102 valence electrons. The zero-order valence-corrected chi connectivity index (χ0v) is 11.7. The average Bonchev–Trinajstić information content (AvgIpc) is 2.36. The van der Waals surface area contributed by atoms with Crippen molar-refractivity contribution in [2.75, 3.05) is 39.8 Å². The van der Waals surface area contributed by atoms with Crippen LogP contribution < -0.4 is 5.73 Å². The van der Waals surface area contributed by atoms with Crippen LogP contribution in [0.3, 0.4) is 0 Å². The van der Waals surface area contributed by atoms with Crippen molar-refractivity contribution in [1.82, 2.24) is 9.80 Å². The zero-order chi connectivity index (χ0) is 12.9. The number of aliphatic hydroxyl groups excluding tert-OH is 1. The summed E-state index contributed by atoms with van der Waals surface area (Å²) in [4.78, 5) is 4.92. The van der Waals surface area contributed by atoms with Crippen LogP contribution >= 0.6 is 0 Å². The van der Waals surface area contributed by atoms with Gasteiger partial charge in [0.25, 0.3) is 0 Å². The summed E-state index contributed by atoms with van der Waals surface area (Å²) in [6, 6.07) is 0.687. The van der Waals surface area contributed by atoms with E-state index in [1.165, 1.54) is 32.5 Å². The average molecular weight is 243 g/mol. The third-order valence-electron chi connectivity index (χ3n) is 4.02. The topological polar surface area (TPSA) is 52.7 Å². The van der Waals surface area contributed by atoms with Crippen LogP contribution in [0, 0.1) is 0 Å². The standard InChI is InChI=1S/C13H29N3O/c1-4-16-8-5-12(6-9-16)15(3)10-7-13(2,14)11-17/h12,17H,4-11,14H2,1-3H3. The molecule has 0 amide bonds. The molecule has 0 saturated carbocycles. The predicted octanol–water partition coefficient (Wildman–Crippen LogP) is 0.502. The minimum atomic E-state index is -0.432. The number of nitrogens with zero attached hydrogens (tertiary/aromatic N) is 2. The van der Waals surface area contributed by atoms with Gasteiger partial charge in [0.05, 0.1) is 6.61 Å². The minimum Gasteiger partial charge on any atom is -0.394 e. The van der Waals surface area contributed by atoms with Gasteiger partial charge in [-0.15, -0.1) is 0 Å². The Bertz CT molecular complexity index is 213. The van der Waals surface area contributed by atoms with Crippen LogP contribution in [0.5, 0.6) is 0 Å². The molecular weight excluding hydrogens is 214 g/mol. The van der Waals surface area contributed by atoms with Gasteiger partial charge in [-0.05, 0) is 59.4 Å². The van der Waals surface area contributed by atoms with Crippen molar-refractivity contribution in [3.05, 3.63) is 0 Å². The van der Waals surface area contributed by atoms with E-state index in [0.717, 1.165) is 13.0 Å². The number of rotatable bonds is 6. The highest BCUT2D eigenvalue weighted by molar-refractivity contribution is 4.82. The highest BCUT2D eigenvalue weighted by Crippen LogP contribution is 2.16. The maximum atomic E-state index is 9.13. The molecule has 1 heterocycles. The van der Waals surface area contributed by atoms with E-state index in [0.29, 0.717) is 6.04 Å². The van der Waals surface area contributed by atoms with Crippen molar-refractivity contribution in [1.29, 1.82) is 0 Å². The molecule has 1 rings (SSSR count). The largest absolute Gasteiger partial charge is 0.394 e. The Hall–Kier alpha value is -0.160. The SMILES string of the molecule is CCN1CCC(N(C)CCC(C)(N)CO)CC1. The van der Waals surface area contributed by atoms with E-state index in [2.05, 4.69) is 23.8 Å². The summed E-state index contributed by atoms with van der Waals surface area (Å²) in [6.07, 6.45) is 3.36. The lowest BCUT2D eigenvalue weighted by atomic mass is 9.98. The van der Waals surface area contributed by atoms with Gasteiger partial charge in [0.1, 0.15) is 0 Å². The molecule has 0 aromatic heterocycles. The van der Waals surface area contributed by atoms with E-state index in [9.17, 15) is 0 Å². The third-order valence-corrected chi connectivity index (χ3v) is 4.02. The van der Waals surface area contributed by atoms with Gasteiger partial charge in [0.15, 0.2) is 0 Å². The zero-order valence-electron chi connectivity index (χ0n) is 11.7. The summed E-state index contributed by atoms with van der Waals surface area (Å²) < 4.78 is 0. The molecule has 4 heteroatoms. The van der Waals surface area contributed by atoms with E-state index in [1.54, 1.807) is 0 Å². The number of piperidine rings is 1. The summed E-state index contributed by atoms with van der Waals surface area (Å²) in [5, 5.41) is 9.13. The van der Waals surface area contributed by atoms with Gasteiger partial charge in [0.2, 0.25) is 0 Å². The van der Waals surface area contributed by atoms with Crippen molar-refractivity contribution in [2.45, 2.75) is 44.7 Å². The maximum Gasteiger partial charge on any atom is 0.0608 e. The molecule has 1 fully saturated rings. The lowest BCUT2D eigenvalue weighted by molar-refractivity contribution is 0.116. The van der Waals surface area contributed by atoms with E-state index < -0.39 is 5.54 Å². The number of hydrogen-bond donors (Lipinski definition) is 2. The summed E-state index contributed by atoms with van der Waals surface area (Å²) in [5.74, 6) is 0. The second-order valence-electron chi connectivity index (χ2n) is 5.71. The van der Waals surface area contributed by atoms with E-state index in [-0.39, 0.29) is 6.61 Å². The molecule has 1 atom stereocenters. The molecule has 1 aliphatic heterocycles. The summed E-state index contributed by atoms with van der Waals surface area (Å²) in [7, 11) is 2.18. The summed E-state index contributed by atoms with van der Waals surface area (Å²) in [6.45, 7) is 8.78. The molecule has 0 radical (unpaired) electrons. The fourth-order valence-corrected chi connectivity index (χ4v) is 2.37. The third kappa shape index (κ3) is 4.92. The molecule has 3 N–H and O–H groups in total. The van der Waals surface area contributed by atoms with Crippen molar-refractivity contribution in [3.8, 4) is 0 Å². The Morgan fingerprint density at radius 1 is 1.41 bits per heavy atom. The van der Waals surface area contributed by atoms with E-state index >= 15 is 0 Å². The van der Waals surface area contributed by atoms with Crippen LogP contribution in [-0.2, 0) is 0 Å². The van der Waals surface area contributed by atoms with Crippen LogP contribution in [-0.4, -0.2) is 66.3 Å². The van der Waals surface area contributed by atoms with Crippen LogP contribution in [0.1, 0.15) is 33.1 Å². The minimum absolute atomic E-state index is 0.0646. The Morgan fingerprint density at radius 3 is 2.47 bits per heavy atom. The maximum absolute atomic E-state index is 9.13. The number of aliphatic hydroxyl groups is 1. The monoisotopic (exact) mass is 243 g/mol. The van der Waals surface area contributed by atoms with E-state index in [1.807, 2.05) is 6.92 Å². The quantitative estimate of drug-likeness (QED) is 0.713. The fourth-order valence-electron chi connectivity index (χ4n) is 2.37. The molecule has 0 aliphatic carbocycles. The highest BCUT2D eigenvalue weighted by atomic mass is 16.3. The van der Waals surface area contributed by atoms with Crippen molar-refractivity contribution < 1.29 is 5.11 Å². The molecule has 0 bridgehead atoms. The van der Waals surface area contributed by atoms with Crippen LogP contribution in [0.15, 0.2) is 0 Å². The van der Waals surface area contributed by atoms with Crippen LogP contribution in [0.25, 0.3) is 0 Å². The highest BCUT2D eigenvalue weighted by Gasteiger charge is 2.23. The van der Waals surface area contributed by atoms with Gasteiger partial charge in [-0.1, -0.05) is 6.92 Å². The predicted molar refractivity (Wildman–Crippen MR) is 72.1 cm³/mol. The molecule has 1 aliphatic rings. The summed E-state index contributed by atoms with van der Waals surface area (Å²) >= 11 is 0. The molecule has 1 saturated heterocycles. The first kappa shape index (κ1) is 14.9. The molecule has 1 unspecified atom stereocenters. The Labute approximate surface area is 106 Å². The lowest BCUT2D eigenvalue weighted by Gasteiger charge is -2.37. The molecule has 0 aromatic carbocycles. The van der Waals surface area contributed by atoms with Gasteiger partial charge >= 0.3 is 0 Å². The number of hydrogen-bond acceptors (Lipinski definition) is 4. The van der Waals surface area contributed by atoms with Crippen molar-refractivity contribution in [2.24, 2.45) is 5.73 Å². The van der Waals surface area contributed by atoms with Crippen molar-refractivity contribution in [3.63, 3.8) is 0 Å². The molecular formula is C13H29N3O. The Balaban J connectivity index is 2.27. The Kier molecular flexibility index (Phi) is 5.86. The van der Waals surface area contributed by atoms with Crippen molar-refractivity contribution >= 4 is 0 Å². The molecule has 17 heavy (non-hydrogen) atoms. The number of nitrogens with two attached hydrogens (primary N) is 1. The Morgan fingerprint density at radius 2 is 2.00 bits per heavy atom. The lowest BCUT2D eigenvalue weighted by Crippen LogP contribution is -2.47. The van der Waals surface area contributed by atoms with Gasteiger partial charge in [-0.25, -0.2) is 0 Å². The first-order valence-corrected chi connectivity index (χ1v) is 6.81. The molecule has 0 aromatic rings. The van der Waals surface area contributed by atoms with Gasteiger partial charge in [0, 0.05) is 11.6 Å². The molecule has 0 spiro atoms. The second kappa shape index (κ2) is 6.69. The second-order valence-corrected chi connectivity index (χ2v) is 5.71. The van der Waals surface area contributed by atoms with Gasteiger partial charge < -0.3 is 20.6 Å². The fraction of sp³-hybridized carbons (Fsp3) is 1.00. The number of likely N-dealkylation sites (tertiary alicyclic amines) is 1. The summed E-state index contributed by atoms with van der Waals surface area (Å²) in [5.41, 5.74) is 5.52. The smallest absolute Gasteiger partial charge is 0.0608 e. The normalized spacial score (nSPS) is 22.9. The molecule has 4 nitrogen and oxygen atoms in total.